The van der Waals surface area contributed by atoms with Gasteiger partial charge >= 0.3 is 0 Å². The van der Waals surface area contributed by atoms with Crippen LogP contribution in [0.4, 0.5) is 17.1 Å². The Kier molecular flexibility index (Phi) is 4.88. The lowest BCUT2D eigenvalue weighted by molar-refractivity contribution is 0.817. The number of nitrogen functional groups attached to an aromatic ring is 1. The molecule has 106 valence electrons. The fourth-order valence-electron chi connectivity index (χ4n) is 2.19. The zero-order valence-corrected chi connectivity index (χ0v) is 12.3. The van der Waals surface area contributed by atoms with Crippen LogP contribution in [0.15, 0.2) is 48.5 Å². The van der Waals surface area contributed by atoms with Crippen molar-refractivity contribution >= 4 is 17.1 Å². The van der Waals surface area contributed by atoms with Gasteiger partial charge in [0.1, 0.15) is 0 Å². The zero-order valence-electron chi connectivity index (χ0n) is 12.3. The summed E-state index contributed by atoms with van der Waals surface area (Å²) in [6.45, 7) is 3.99. The Morgan fingerprint density at radius 2 is 1.85 bits per heavy atom. The second kappa shape index (κ2) is 6.85. The maximum atomic E-state index is 5.98. The molecule has 3 nitrogen and oxygen atoms in total. The van der Waals surface area contributed by atoms with Crippen LogP contribution in [0.2, 0.25) is 0 Å². The number of benzene rings is 2. The first-order valence-electron chi connectivity index (χ1n) is 7.03. The number of para-hydroxylation sites is 1. The first kappa shape index (κ1) is 14.3. The molecule has 0 radical (unpaired) electrons. The van der Waals surface area contributed by atoms with Crippen LogP contribution in [0.1, 0.15) is 12.0 Å². The zero-order chi connectivity index (χ0) is 14.4. The second-order valence-electron chi connectivity index (χ2n) is 5.13. The Morgan fingerprint density at radius 3 is 2.55 bits per heavy atom. The Bertz CT molecular complexity index is 537. The first-order valence-corrected chi connectivity index (χ1v) is 7.03. The molecule has 0 saturated carbocycles. The summed E-state index contributed by atoms with van der Waals surface area (Å²) < 4.78 is 0. The number of rotatable bonds is 6. The SMILES string of the molecule is Cc1ccc(NCCCN(C)c2ccccc2)c(N)c1. The third-order valence-electron chi connectivity index (χ3n) is 3.39. The average molecular weight is 269 g/mol. The predicted octanol–water partition coefficient (Wildman–Crippen LogP) is 3.52. The molecule has 0 atom stereocenters. The molecule has 3 heteroatoms. The van der Waals surface area contributed by atoms with Crippen molar-refractivity contribution < 1.29 is 0 Å². The van der Waals surface area contributed by atoms with Crippen molar-refractivity contribution in [1.82, 2.24) is 0 Å². The first-order chi connectivity index (χ1) is 9.66. The monoisotopic (exact) mass is 269 g/mol. The third kappa shape index (κ3) is 3.92. The molecule has 0 bridgehead atoms. The smallest absolute Gasteiger partial charge is 0.0574 e. The molecular formula is C17H23N3. The van der Waals surface area contributed by atoms with E-state index in [1.54, 1.807) is 0 Å². The molecule has 20 heavy (non-hydrogen) atoms. The molecule has 0 aliphatic heterocycles. The molecule has 0 aromatic heterocycles. The lowest BCUT2D eigenvalue weighted by atomic mass is 10.2. The number of nitrogens with zero attached hydrogens (tertiary/aromatic N) is 1. The van der Waals surface area contributed by atoms with E-state index in [1.165, 1.54) is 11.3 Å². The molecule has 0 fully saturated rings. The highest BCUT2D eigenvalue weighted by Gasteiger charge is 2.01. The minimum Gasteiger partial charge on any atom is -0.397 e. The van der Waals surface area contributed by atoms with Crippen LogP contribution >= 0.6 is 0 Å². The minimum atomic E-state index is 0.821. The molecule has 2 aromatic carbocycles. The molecule has 0 amide bonds. The van der Waals surface area contributed by atoms with Gasteiger partial charge in [0.25, 0.3) is 0 Å². The van der Waals surface area contributed by atoms with Crippen molar-refractivity contribution in [3.63, 3.8) is 0 Å². The normalized spacial score (nSPS) is 10.3. The minimum absolute atomic E-state index is 0.821. The van der Waals surface area contributed by atoms with E-state index in [1.807, 2.05) is 18.2 Å². The van der Waals surface area contributed by atoms with Gasteiger partial charge in [0.15, 0.2) is 0 Å². The summed E-state index contributed by atoms with van der Waals surface area (Å²) in [6, 6.07) is 16.6. The van der Waals surface area contributed by atoms with Gasteiger partial charge in [-0.3, -0.25) is 0 Å². The molecule has 0 saturated heterocycles. The van der Waals surface area contributed by atoms with E-state index >= 15 is 0 Å². The third-order valence-corrected chi connectivity index (χ3v) is 3.39. The quantitative estimate of drug-likeness (QED) is 0.623. The van der Waals surface area contributed by atoms with Gasteiger partial charge in [0.2, 0.25) is 0 Å². The Labute approximate surface area is 121 Å². The highest BCUT2D eigenvalue weighted by Crippen LogP contribution is 2.19. The van der Waals surface area contributed by atoms with E-state index in [9.17, 15) is 0 Å². The fraction of sp³-hybridized carbons (Fsp3) is 0.294. The van der Waals surface area contributed by atoms with Crippen molar-refractivity contribution in [1.29, 1.82) is 0 Å². The van der Waals surface area contributed by atoms with Crippen molar-refractivity contribution in [3.05, 3.63) is 54.1 Å². The van der Waals surface area contributed by atoms with Crippen LogP contribution in [-0.4, -0.2) is 20.1 Å². The maximum absolute atomic E-state index is 5.98. The molecule has 0 aliphatic rings. The van der Waals surface area contributed by atoms with E-state index in [-0.39, 0.29) is 0 Å². The summed E-state index contributed by atoms with van der Waals surface area (Å²) in [4.78, 5) is 2.26. The fourth-order valence-corrected chi connectivity index (χ4v) is 2.19. The number of hydrogen-bond donors (Lipinski definition) is 2. The lowest BCUT2D eigenvalue weighted by Gasteiger charge is -2.19. The summed E-state index contributed by atoms with van der Waals surface area (Å²) in [5, 5.41) is 3.40. The van der Waals surface area contributed by atoms with Gasteiger partial charge in [-0.2, -0.15) is 0 Å². The van der Waals surface area contributed by atoms with Crippen LogP contribution in [0.3, 0.4) is 0 Å². The van der Waals surface area contributed by atoms with Crippen LogP contribution in [0.5, 0.6) is 0 Å². The lowest BCUT2D eigenvalue weighted by Crippen LogP contribution is -2.20. The number of aryl methyl sites for hydroxylation is 1. The Balaban J connectivity index is 1.76. The summed E-state index contributed by atoms with van der Waals surface area (Å²) in [7, 11) is 2.12. The van der Waals surface area contributed by atoms with Gasteiger partial charge in [-0.05, 0) is 43.2 Å². The van der Waals surface area contributed by atoms with E-state index in [0.717, 1.165) is 30.9 Å². The molecule has 0 aliphatic carbocycles. The van der Waals surface area contributed by atoms with Crippen molar-refractivity contribution in [2.75, 3.05) is 36.1 Å². The van der Waals surface area contributed by atoms with E-state index in [4.69, 9.17) is 5.73 Å². The Morgan fingerprint density at radius 1 is 1.10 bits per heavy atom. The highest BCUT2D eigenvalue weighted by atomic mass is 15.1. The van der Waals surface area contributed by atoms with Crippen LogP contribution in [0, 0.1) is 6.92 Å². The summed E-state index contributed by atoms with van der Waals surface area (Å²) >= 11 is 0. The number of hydrogen-bond acceptors (Lipinski definition) is 3. The molecular weight excluding hydrogens is 246 g/mol. The molecule has 3 N–H and O–H groups in total. The standard InChI is InChI=1S/C17H23N3/c1-14-9-10-17(16(18)13-14)19-11-6-12-20(2)15-7-4-3-5-8-15/h3-5,7-10,13,19H,6,11-12,18H2,1-2H3. The molecule has 2 aromatic rings. The van der Waals surface area contributed by atoms with Gasteiger partial charge in [0, 0.05) is 25.8 Å². The largest absolute Gasteiger partial charge is 0.397 e. The van der Waals surface area contributed by atoms with E-state index in [0.29, 0.717) is 0 Å². The van der Waals surface area contributed by atoms with Gasteiger partial charge in [-0.1, -0.05) is 24.3 Å². The summed E-state index contributed by atoms with van der Waals surface area (Å²) in [5.74, 6) is 0. The van der Waals surface area contributed by atoms with Crippen molar-refractivity contribution in [3.8, 4) is 0 Å². The number of nitrogens with two attached hydrogens (primary N) is 1. The molecule has 0 spiro atoms. The molecule has 0 heterocycles. The van der Waals surface area contributed by atoms with Gasteiger partial charge in [0.05, 0.1) is 11.4 Å². The van der Waals surface area contributed by atoms with E-state index in [2.05, 4.69) is 54.5 Å². The maximum Gasteiger partial charge on any atom is 0.0574 e. The van der Waals surface area contributed by atoms with Crippen LogP contribution in [-0.2, 0) is 0 Å². The van der Waals surface area contributed by atoms with Crippen molar-refractivity contribution in [2.24, 2.45) is 0 Å². The Hall–Kier alpha value is -2.16. The van der Waals surface area contributed by atoms with Gasteiger partial charge in [-0.15, -0.1) is 0 Å². The van der Waals surface area contributed by atoms with Crippen LogP contribution in [0.25, 0.3) is 0 Å². The van der Waals surface area contributed by atoms with Crippen molar-refractivity contribution in [2.45, 2.75) is 13.3 Å². The second-order valence-corrected chi connectivity index (χ2v) is 5.13. The number of anilines is 3. The highest BCUT2D eigenvalue weighted by molar-refractivity contribution is 5.66. The predicted molar refractivity (Wildman–Crippen MR) is 88.4 cm³/mol. The topological polar surface area (TPSA) is 41.3 Å². The van der Waals surface area contributed by atoms with Gasteiger partial charge in [-0.25, -0.2) is 0 Å². The van der Waals surface area contributed by atoms with Crippen LogP contribution < -0.4 is 16.0 Å². The molecule has 0 unspecified atom stereocenters. The summed E-state index contributed by atoms with van der Waals surface area (Å²) in [5.41, 5.74) is 10.3. The van der Waals surface area contributed by atoms with Gasteiger partial charge < -0.3 is 16.0 Å². The average Bonchev–Trinajstić information content (AvgIpc) is 2.46. The van der Waals surface area contributed by atoms with E-state index < -0.39 is 0 Å². The number of nitrogens with one attached hydrogen (secondary N) is 1. The summed E-state index contributed by atoms with van der Waals surface area (Å²) in [6.07, 6.45) is 1.07. The molecule has 2 rings (SSSR count).